The van der Waals surface area contributed by atoms with E-state index in [1.165, 1.54) is 11.8 Å². The number of nitrogens with zero attached hydrogens (tertiary/aromatic N) is 1. The van der Waals surface area contributed by atoms with Gasteiger partial charge < -0.3 is 36.4 Å². The van der Waals surface area contributed by atoms with Crippen LogP contribution in [0.2, 0.25) is 0 Å². The molecular formula is C26H43N5O9. The van der Waals surface area contributed by atoms with Gasteiger partial charge in [-0.2, -0.15) is 0 Å². The zero-order valence-corrected chi connectivity index (χ0v) is 23.8. The SMILES string of the molecule is CCC(C)C(NC(C)=O)C(=O)NC(CC(=O)N1CCCC1)C(=O)NC(CC(=O)O)C(=O)NC(CC(C)C)C(=O)O. The molecular weight excluding hydrogens is 526 g/mol. The van der Waals surface area contributed by atoms with E-state index in [1.807, 2.05) is 6.92 Å². The zero-order valence-electron chi connectivity index (χ0n) is 23.8. The molecule has 1 aliphatic rings. The fraction of sp³-hybridized carbons (Fsp3) is 0.731. The molecule has 0 saturated carbocycles. The van der Waals surface area contributed by atoms with Crippen molar-refractivity contribution in [1.82, 2.24) is 26.2 Å². The number of carboxylic acid groups (broad SMARTS) is 2. The number of carbonyl (C=O) groups is 7. The first-order valence-corrected chi connectivity index (χ1v) is 13.6. The van der Waals surface area contributed by atoms with Gasteiger partial charge in [-0.1, -0.05) is 34.1 Å². The molecule has 5 amide bonds. The van der Waals surface area contributed by atoms with Gasteiger partial charge in [-0.25, -0.2) is 4.79 Å². The van der Waals surface area contributed by atoms with Crippen molar-refractivity contribution >= 4 is 41.5 Å². The molecule has 40 heavy (non-hydrogen) atoms. The molecule has 0 aromatic heterocycles. The van der Waals surface area contributed by atoms with E-state index in [-0.39, 0.29) is 18.3 Å². The fourth-order valence-corrected chi connectivity index (χ4v) is 4.28. The molecule has 14 nitrogen and oxygen atoms in total. The van der Waals surface area contributed by atoms with Crippen LogP contribution in [0.4, 0.5) is 0 Å². The molecule has 226 valence electrons. The van der Waals surface area contributed by atoms with Crippen LogP contribution in [0.3, 0.4) is 0 Å². The Morgan fingerprint density at radius 1 is 0.750 bits per heavy atom. The van der Waals surface area contributed by atoms with Crippen LogP contribution in [-0.4, -0.2) is 93.8 Å². The third kappa shape index (κ3) is 11.6. The molecule has 0 radical (unpaired) electrons. The highest BCUT2D eigenvalue weighted by Gasteiger charge is 2.35. The normalized spacial score (nSPS) is 16.7. The summed E-state index contributed by atoms with van der Waals surface area (Å²) < 4.78 is 0. The van der Waals surface area contributed by atoms with Gasteiger partial charge in [-0.05, 0) is 31.1 Å². The summed E-state index contributed by atoms with van der Waals surface area (Å²) in [6.45, 7) is 9.24. The predicted octanol–water partition coefficient (Wildman–Crippen LogP) is -0.390. The maximum Gasteiger partial charge on any atom is 0.326 e. The van der Waals surface area contributed by atoms with Gasteiger partial charge in [0.2, 0.25) is 29.5 Å². The standard InChI is InChI=1S/C26H43N5O9/c1-6-15(4)22(27-16(5)32)25(38)29-17(12-20(33)31-9-7-8-10-31)23(36)28-18(13-21(34)35)24(37)30-19(26(39)40)11-14(2)3/h14-15,17-19,22H,6-13H2,1-5H3,(H,27,32)(H,28,36)(H,29,38)(H,30,37)(H,34,35)(H,39,40). The minimum Gasteiger partial charge on any atom is -0.481 e. The molecule has 1 saturated heterocycles. The van der Waals surface area contributed by atoms with Crippen molar-refractivity contribution in [1.29, 1.82) is 0 Å². The monoisotopic (exact) mass is 569 g/mol. The quantitative estimate of drug-likeness (QED) is 0.143. The Kier molecular flexibility index (Phi) is 14.1. The van der Waals surface area contributed by atoms with Crippen LogP contribution < -0.4 is 21.3 Å². The molecule has 6 N–H and O–H groups in total. The predicted molar refractivity (Wildman–Crippen MR) is 143 cm³/mol. The van der Waals surface area contributed by atoms with E-state index < -0.39 is 78.5 Å². The molecule has 1 fully saturated rings. The van der Waals surface area contributed by atoms with Crippen LogP contribution in [0.25, 0.3) is 0 Å². The second kappa shape index (κ2) is 16.4. The van der Waals surface area contributed by atoms with E-state index in [4.69, 9.17) is 0 Å². The topological polar surface area (TPSA) is 211 Å². The van der Waals surface area contributed by atoms with Crippen LogP contribution in [0.15, 0.2) is 0 Å². The van der Waals surface area contributed by atoms with E-state index in [2.05, 4.69) is 21.3 Å². The Hall–Kier alpha value is -3.71. The lowest BCUT2D eigenvalue weighted by atomic mass is 9.97. The number of hydrogen-bond donors (Lipinski definition) is 6. The van der Waals surface area contributed by atoms with Gasteiger partial charge in [0.1, 0.15) is 24.2 Å². The number of carbonyl (C=O) groups excluding carboxylic acids is 5. The highest BCUT2D eigenvalue weighted by atomic mass is 16.4. The summed E-state index contributed by atoms with van der Waals surface area (Å²) in [5.41, 5.74) is 0. The second-order valence-electron chi connectivity index (χ2n) is 10.6. The molecule has 1 aliphatic heterocycles. The molecule has 0 aromatic rings. The Labute approximate surface area is 234 Å². The Morgan fingerprint density at radius 2 is 1.25 bits per heavy atom. The average molecular weight is 570 g/mol. The minimum atomic E-state index is -1.68. The van der Waals surface area contributed by atoms with Crippen molar-refractivity contribution in [3.8, 4) is 0 Å². The smallest absolute Gasteiger partial charge is 0.326 e. The molecule has 5 atom stereocenters. The van der Waals surface area contributed by atoms with Gasteiger partial charge in [0.15, 0.2) is 0 Å². The number of rotatable bonds is 16. The number of likely N-dealkylation sites (tertiary alicyclic amines) is 1. The molecule has 14 heteroatoms. The lowest BCUT2D eigenvalue weighted by Crippen LogP contribution is -2.59. The van der Waals surface area contributed by atoms with Crippen LogP contribution >= 0.6 is 0 Å². The molecule has 5 unspecified atom stereocenters. The van der Waals surface area contributed by atoms with Crippen molar-refractivity contribution in [3.05, 3.63) is 0 Å². The maximum absolute atomic E-state index is 13.3. The molecule has 1 rings (SSSR count). The van der Waals surface area contributed by atoms with Crippen molar-refractivity contribution in [2.45, 2.75) is 97.3 Å². The van der Waals surface area contributed by atoms with Crippen molar-refractivity contribution < 1.29 is 43.8 Å². The average Bonchev–Trinajstić information content (AvgIpc) is 3.40. The van der Waals surface area contributed by atoms with Gasteiger partial charge in [-0.15, -0.1) is 0 Å². The molecule has 0 aliphatic carbocycles. The third-order valence-corrected chi connectivity index (χ3v) is 6.66. The number of hydrogen-bond acceptors (Lipinski definition) is 7. The van der Waals surface area contributed by atoms with Crippen LogP contribution in [0, 0.1) is 11.8 Å². The van der Waals surface area contributed by atoms with Crippen molar-refractivity contribution in [2.75, 3.05) is 13.1 Å². The van der Waals surface area contributed by atoms with Crippen LogP contribution in [0.1, 0.15) is 73.1 Å². The fourth-order valence-electron chi connectivity index (χ4n) is 4.28. The van der Waals surface area contributed by atoms with Gasteiger partial charge >= 0.3 is 11.9 Å². The number of nitrogens with one attached hydrogen (secondary N) is 4. The molecule has 1 heterocycles. The summed E-state index contributed by atoms with van der Waals surface area (Å²) in [6, 6.07) is -5.50. The summed E-state index contributed by atoms with van der Waals surface area (Å²) in [5, 5.41) is 28.3. The zero-order chi connectivity index (χ0) is 30.6. The summed E-state index contributed by atoms with van der Waals surface area (Å²) >= 11 is 0. The van der Waals surface area contributed by atoms with Crippen LogP contribution in [0.5, 0.6) is 0 Å². The van der Waals surface area contributed by atoms with Gasteiger partial charge in [0, 0.05) is 20.0 Å². The van der Waals surface area contributed by atoms with E-state index in [0.29, 0.717) is 19.5 Å². The highest BCUT2D eigenvalue weighted by Crippen LogP contribution is 2.13. The van der Waals surface area contributed by atoms with Gasteiger partial charge in [-0.3, -0.25) is 28.8 Å². The maximum atomic E-state index is 13.3. The largest absolute Gasteiger partial charge is 0.481 e. The Balaban J connectivity index is 3.22. The van der Waals surface area contributed by atoms with Crippen LogP contribution in [-0.2, 0) is 33.6 Å². The first-order chi connectivity index (χ1) is 18.7. The Bertz CT molecular complexity index is 949. The lowest BCUT2D eigenvalue weighted by molar-refractivity contribution is -0.144. The molecule has 0 spiro atoms. The van der Waals surface area contributed by atoms with Crippen molar-refractivity contribution in [3.63, 3.8) is 0 Å². The summed E-state index contributed by atoms with van der Waals surface area (Å²) in [4.78, 5) is 88.6. The number of aliphatic carboxylic acids is 2. The first-order valence-electron chi connectivity index (χ1n) is 13.6. The first kappa shape index (κ1) is 34.3. The number of amides is 5. The Morgan fingerprint density at radius 3 is 1.70 bits per heavy atom. The van der Waals surface area contributed by atoms with E-state index in [1.54, 1.807) is 20.8 Å². The lowest BCUT2D eigenvalue weighted by Gasteiger charge is -2.28. The molecule has 0 aromatic carbocycles. The van der Waals surface area contributed by atoms with E-state index >= 15 is 0 Å². The van der Waals surface area contributed by atoms with Gasteiger partial charge in [0.05, 0.1) is 12.8 Å². The van der Waals surface area contributed by atoms with E-state index in [9.17, 15) is 43.8 Å². The van der Waals surface area contributed by atoms with E-state index in [0.717, 1.165) is 12.8 Å². The summed E-state index contributed by atoms with van der Waals surface area (Å²) in [7, 11) is 0. The second-order valence-corrected chi connectivity index (χ2v) is 10.6. The summed E-state index contributed by atoms with van der Waals surface area (Å²) in [5.74, 6) is -6.82. The minimum absolute atomic E-state index is 0.0674. The molecule has 0 bridgehead atoms. The third-order valence-electron chi connectivity index (χ3n) is 6.66. The van der Waals surface area contributed by atoms with Gasteiger partial charge in [0.25, 0.3) is 0 Å². The van der Waals surface area contributed by atoms with Crippen molar-refractivity contribution in [2.24, 2.45) is 11.8 Å². The number of carboxylic acids is 2. The summed E-state index contributed by atoms with van der Waals surface area (Å²) in [6.07, 6.45) is 0.831. The highest BCUT2D eigenvalue weighted by molar-refractivity contribution is 5.98.